The van der Waals surface area contributed by atoms with Gasteiger partial charge < -0.3 is 0 Å². The van der Waals surface area contributed by atoms with Gasteiger partial charge in [-0.15, -0.1) is 0 Å². The molecule has 0 saturated carbocycles. The van der Waals surface area contributed by atoms with Crippen molar-refractivity contribution in [2.45, 2.75) is 539 Å². The van der Waals surface area contributed by atoms with E-state index >= 15 is 0 Å². The van der Waals surface area contributed by atoms with Gasteiger partial charge in [0.05, 0.1) is 0 Å². The van der Waals surface area contributed by atoms with Gasteiger partial charge in [-0.3, -0.25) is 0 Å². The fourth-order valence-corrected chi connectivity index (χ4v) is 19.2. The second kappa shape index (κ2) is 69.5. The fraction of sp³-hybridized carbons (Fsp3) is 1.00. The molecule has 13 unspecified atom stereocenters. The molecule has 0 nitrogen and oxygen atoms in total. The lowest BCUT2D eigenvalue weighted by atomic mass is 9.76. The maximum atomic E-state index is 2.57. The van der Waals surface area contributed by atoms with Crippen LogP contribution in [0.15, 0.2) is 0 Å². The summed E-state index contributed by atoms with van der Waals surface area (Å²) >= 11 is 0. The lowest BCUT2D eigenvalue weighted by Crippen LogP contribution is -2.16. The van der Waals surface area contributed by atoms with Crippen LogP contribution in [0.3, 0.4) is 0 Å². The molecule has 0 amide bonds. The van der Waals surface area contributed by atoms with Crippen molar-refractivity contribution in [3.05, 3.63) is 0 Å². The molecular formula is C105H212. The third-order valence-electron chi connectivity index (χ3n) is 30.9. The first kappa shape index (κ1) is 105. The van der Waals surface area contributed by atoms with Crippen molar-refractivity contribution in [1.29, 1.82) is 0 Å². The largest absolute Gasteiger partial charge is 0.0651 e. The monoisotopic (exact) mass is 1470 g/mol. The van der Waals surface area contributed by atoms with Gasteiger partial charge in [0, 0.05) is 0 Å². The molecule has 0 N–H and O–H groups in total. The quantitative estimate of drug-likeness (QED) is 0.0569. The van der Waals surface area contributed by atoms with Crippen LogP contribution in [0.2, 0.25) is 0 Å². The maximum absolute atomic E-state index is 2.57. The second-order valence-electron chi connectivity index (χ2n) is 40.9. The standard InChI is InChI=1S/C105H212/c1-26-86(20)42-51-96(49-40-84(16)17)65-69-103(70-66-97(50-41-85(18)19)52-43-87(21)27-2)79-81-105(78-76-102(64-60-95(38-13)48-39-83(14)15)71-67-98(53-44-88(22)28-3)54-45-89(23)29-4)82-80-104(72-68-99(55-46-90(24)30-5)56-47-91(25)31-6)77-75-101(63-59-94(36-11)37-12)74-73-100(61-57-92(32-7)33-8)62-58-93(34-9)35-10/h83-105H,26-82H2,1-25H3. The van der Waals surface area contributed by atoms with Crippen LogP contribution in [0.25, 0.3) is 0 Å². The zero-order valence-electron chi connectivity index (χ0n) is 78.6. The van der Waals surface area contributed by atoms with Crippen LogP contribution in [-0.4, -0.2) is 0 Å². The van der Waals surface area contributed by atoms with Crippen molar-refractivity contribution in [1.82, 2.24) is 0 Å². The van der Waals surface area contributed by atoms with Crippen LogP contribution in [0, 0.1) is 136 Å². The summed E-state index contributed by atoms with van der Waals surface area (Å²) in [5.74, 6) is 20.4. The molecule has 0 aromatic carbocycles. The van der Waals surface area contributed by atoms with Crippen molar-refractivity contribution in [2.75, 3.05) is 0 Å². The van der Waals surface area contributed by atoms with E-state index in [1.807, 2.05) is 0 Å². The van der Waals surface area contributed by atoms with Crippen molar-refractivity contribution in [2.24, 2.45) is 136 Å². The van der Waals surface area contributed by atoms with Gasteiger partial charge in [0.2, 0.25) is 0 Å². The second-order valence-corrected chi connectivity index (χ2v) is 40.9. The van der Waals surface area contributed by atoms with Gasteiger partial charge in [0.1, 0.15) is 0 Å². The van der Waals surface area contributed by atoms with Crippen LogP contribution >= 0.6 is 0 Å². The molecule has 0 rings (SSSR count). The van der Waals surface area contributed by atoms with E-state index in [1.54, 1.807) is 0 Å². The summed E-state index contributed by atoms with van der Waals surface area (Å²) in [5, 5.41) is 0. The summed E-state index contributed by atoms with van der Waals surface area (Å²) in [4.78, 5) is 0. The molecule has 13 atom stereocenters. The SMILES string of the molecule is CCC(C)CCC(CCC(C)C)CCC(CCC(CCC(C)C)CCC(C)CC)CCC(CCC(CCC(CC)CCC(C)C)CCC(CCC(C)CC)CCC(C)CC)CCC(CCC(CCC(C)CC)CCC(C)CC)CCC(CCC(CC)CC)CCC(CCC(CC)CC)CCC(CC)CC. The maximum Gasteiger partial charge on any atom is -0.0414 e. The molecule has 0 bridgehead atoms. The van der Waals surface area contributed by atoms with Crippen LogP contribution in [0.4, 0.5) is 0 Å². The van der Waals surface area contributed by atoms with E-state index in [0.29, 0.717) is 0 Å². The average Bonchev–Trinajstić information content (AvgIpc) is 0.928. The van der Waals surface area contributed by atoms with E-state index in [4.69, 9.17) is 0 Å². The van der Waals surface area contributed by atoms with Gasteiger partial charge in [0.25, 0.3) is 0 Å². The summed E-state index contributed by atoms with van der Waals surface area (Å²) < 4.78 is 0. The minimum absolute atomic E-state index is 0.817. The Morgan fingerprint density at radius 1 is 0.0952 bits per heavy atom. The average molecular weight is 1470 g/mol. The highest BCUT2D eigenvalue weighted by Crippen LogP contribution is 2.41. The minimum atomic E-state index is 0.817. The highest BCUT2D eigenvalue weighted by molar-refractivity contribution is 4.80. The van der Waals surface area contributed by atoms with Crippen molar-refractivity contribution in [3.8, 4) is 0 Å². The predicted octanol–water partition coefficient (Wildman–Crippen LogP) is 37.9. The van der Waals surface area contributed by atoms with Crippen LogP contribution in [0.1, 0.15) is 539 Å². The van der Waals surface area contributed by atoms with Crippen molar-refractivity contribution in [3.63, 3.8) is 0 Å². The summed E-state index contributed by atoms with van der Waals surface area (Å²) in [5.41, 5.74) is 0. The zero-order chi connectivity index (χ0) is 78.6. The Bertz CT molecular complexity index is 1660. The van der Waals surface area contributed by atoms with Gasteiger partial charge in [-0.1, -0.05) is 539 Å². The lowest BCUT2D eigenvalue weighted by Gasteiger charge is -2.30. The Morgan fingerprint density at radius 3 is 0.305 bits per heavy atom. The molecular weight excluding hydrogens is 1260 g/mol. The molecule has 0 heterocycles. The topological polar surface area (TPSA) is 0 Å². The van der Waals surface area contributed by atoms with Gasteiger partial charge in [-0.25, -0.2) is 0 Å². The molecule has 105 heavy (non-hydrogen) atoms. The number of hydrogen-bond donors (Lipinski definition) is 0. The Morgan fingerprint density at radius 2 is 0.190 bits per heavy atom. The fourth-order valence-electron chi connectivity index (χ4n) is 19.2. The van der Waals surface area contributed by atoms with Crippen LogP contribution in [-0.2, 0) is 0 Å². The zero-order valence-corrected chi connectivity index (χ0v) is 78.6. The number of hydrogen-bond acceptors (Lipinski definition) is 0. The molecule has 0 aliphatic rings. The molecule has 0 aromatic heterocycles. The van der Waals surface area contributed by atoms with Crippen LogP contribution < -0.4 is 0 Å². The van der Waals surface area contributed by atoms with Gasteiger partial charge in [0.15, 0.2) is 0 Å². The third kappa shape index (κ3) is 58.5. The first-order chi connectivity index (χ1) is 50.4. The van der Waals surface area contributed by atoms with Gasteiger partial charge in [-0.2, -0.15) is 0 Å². The van der Waals surface area contributed by atoms with Crippen molar-refractivity contribution < 1.29 is 0 Å². The Kier molecular flexibility index (Phi) is 69.5. The lowest BCUT2D eigenvalue weighted by molar-refractivity contribution is 0.226. The Hall–Kier alpha value is 0. The Balaban J connectivity index is 8.39. The first-order valence-electron chi connectivity index (χ1n) is 50.4. The molecule has 0 saturated heterocycles. The van der Waals surface area contributed by atoms with E-state index in [-0.39, 0.29) is 0 Å². The molecule has 0 spiro atoms. The molecule has 0 aliphatic heterocycles. The molecule has 0 radical (unpaired) electrons. The highest BCUT2D eigenvalue weighted by atomic mass is 14.3. The van der Waals surface area contributed by atoms with E-state index < -0.39 is 0 Å². The molecule has 0 aliphatic carbocycles. The normalized spacial score (nSPS) is 17.3. The smallest absolute Gasteiger partial charge is 0.0414 e. The highest BCUT2D eigenvalue weighted by Gasteiger charge is 2.27. The summed E-state index contributed by atoms with van der Waals surface area (Å²) in [6.07, 6.45) is 83.1. The van der Waals surface area contributed by atoms with Gasteiger partial charge >= 0.3 is 0 Å². The number of rotatable bonds is 79. The van der Waals surface area contributed by atoms with Gasteiger partial charge in [-0.05, 0) is 136 Å². The van der Waals surface area contributed by atoms with Crippen molar-refractivity contribution >= 4 is 0 Å². The van der Waals surface area contributed by atoms with E-state index in [9.17, 15) is 0 Å². The molecule has 0 heteroatoms. The molecule has 0 aromatic rings. The predicted molar refractivity (Wildman–Crippen MR) is 485 cm³/mol. The third-order valence-corrected chi connectivity index (χ3v) is 30.9. The van der Waals surface area contributed by atoms with E-state index in [1.165, 1.54) is 366 Å². The molecule has 0 fully saturated rings. The summed E-state index contributed by atoms with van der Waals surface area (Å²) in [6.45, 7) is 62.6. The summed E-state index contributed by atoms with van der Waals surface area (Å²) in [7, 11) is 0. The summed E-state index contributed by atoms with van der Waals surface area (Å²) in [6, 6.07) is 0. The Labute approximate surface area is 671 Å². The molecule has 632 valence electrons. The van der Waals surface area contributed by atoms with E-state index in [2.05, 4.69) is 173 Å². The first-order valence-corrected chi connectivity index (χ1v) is 50.4. The van der Waals surface area contributed by atoms with Crippen LogP contribution in [0.5, 0.6) is 0 Å². The minimum Gasteiger partial charge on any atom is -0.0651 e. The van der Waals surface area contributed by atoms with E-state index in [0.717, 1.165) is 136 Å².